The van der Waals surface area contributed by atoms with Crippen molar-refractivity contribution in [1.82, 2.24) is 4.90 Å². The highest BCUT2D eigenvalue weighted by Crippen LogP contribution is 2.38. The summed E-state index contributed by atoms with van der Waals surface area (Å²) in [5.74, 6) is 1.28. The Hall–Kier alpha value is -4.20. The quantitative estimate of drug-likeness (QED) is 0.365. The maximum atomic E-state index is 11.7. The Morgan fingerprint density at radius 2 is 1.75 bits per heavy atom. The van der Waals surface area contributed by atoms with E-state index in [4.69, 9.17) is 24.1 Å². The van der Waals surface area contributed by atoms with Crippen LogP contribution in [0.4, 0.5) is 4.79 Å². The first-order valence-corrected chi connectivity index (χ1v) is 13.6. The van der Waals surface area contributed by atoms with Crippen molar-refractivity contribution in [1.29, 1.82) is 0 Å². The molecule has 0 spiro atoms. The van der Waals surface area contributed by atoms with Gasteiger partial charge in [0.25, 0.3) is 0 Å². The summed E-state index contributed by atoms with van der Waals surface area (Å²) in [5, 5.41) is 9.11. The van der Waals surface area contributed by atoms with Gasteiger partial charge in [-0.05, 0) is 65.9 Å². The van der Waals surface area contributed by atoms with Crippen LogP contribution in [0.1, 0.15) is 47.4 Å². The van der Waals surface area contributed by atoms with Gasteiger partial charge in [-0.25, -0.2) is 4.79 Å². The third kappa shape index (κ3) is 6.17. The van der Waals surface area contributed by atoms with Crippen molar-refractivity contribution in [2.24, 2.45) is 0 Å². The van der Waals surface area contributed by atoms with E-state index >= 15 is 0 Å². The number of carboxylic acid groups (broad SMARTS) is 1. The van der Waals surface area contributed by atoms with Crippen molar-refractivity contribution < 1.29 is 33.6 Å². The van der Waals surface area contributed by atoms with E-state index in [1.54, 1.807) is 4.90 Å². The molecule has 40 heavy (non-hydrogen) atoms. The first kappa shape index (κ1) is 27.4. The number of aryl methyl sites for hydroxylation is 2. The van der Waals surface area contributed by atoms with Crippen molar-refractivity contribution >= 4 is 12.1 Å². The maximum Gasteiger partial charge on any atom is 0.409 e. The van der Waals surface area contributed by atoms with Crippen LogP contribution in [0.25, 0.3) is 11.1 Å². The molecule has 1 N–H and O–H groups in total. The molecule has 0 radical (unpaired) electrons. The van der Waals surface area contributed by atoms with E-state index < -0.39 is 5.97 Å². The Morgan fingerprint density at radius 3 is 2.45 bits per heavy atom. The number of likely N-dealkylation sites (tertiary alicyclic amines) is 1. The van der Waals surface area contributed by atoms with Crippen molar-refractivity contribution in [3.63, 3.8) is 0 Å². The highest BCUT2D eigenvalue weighted by atomic mass is 16.5. The Labute approximate surface area is 234 Å². The lowest BCUT2D eigenvalue weighted by atomic mass is 9.94. The number of amides is 1. The smallest absolute Gasteiger partial charge is 0.409 e. The number of ether oxygens (including phenoxy) is 4. The number of methoxy groups -OCH3 is 1. The molecule has 8 nitrogen and oxygen atoms in total. The van der Waals surface area contributed by atoms with Gasteiger partial charge in [0.1, 0.15) is 30.0 Å². The number of piperidine rings is 1. The Bertz CT molecular complexity index is 1370. The first-order chi connectivity index (χ1) is 19.3. The van der Waals surface area contributed by atoms with Crippen LogP contribution in [0.15, 0.2) is 54.6 Å². The maximum absolute atomic E-state index is 11.7. The van der Waals surface area contributed by atoms with Crippen LogP contribution in [0.5, 0.6) is 17.2 Å². The fourth-order valence-electron chi connectivity index (χ4n) is 5.63. The number of rotatable bonds is 8. The summed E-state index contributed by atoms with van der Waals surface area (Å²) in [4.78, 5) is 24.6. The third-order valence-electron chi connectivity index (χ3n) is 7.59. The molecule has 5 rings (SSSR count). The molecule has 0 saturated carbocycles. The molecule has 2 aliphatic rings. The average Bonchev–Trinajstić information content (AvgIpc) is 3.33. The van der Waals surface area contributed by atoms with Crippen molar-refractivity contribution in [3.8, 4) is 28.4 Å². The molecule has 0 aliphatic carbocycles. The fourth-order valence-corrected chi connectivity index (χ4v) is 5.63. The zero-order chi connectivity index (χ0) is 28.2. The van der Waals surface area contributed by atoms with Crippen molar-refractivity contribution in [2.75, 3.05) is 26.8 Å². The van der Waals surface area contributed by atoms with Gasteiger partial charge in [-0.1, -0.05) is 24.3 Å². The lowest BCUT2D eigenvalue weighted by molar-refractivity contribution is -0.137. The normalized spacial score (nSPS) is 16.7. The van der Waals surface area contributed by atoms with E-state index in [0.29, 0.717) is 37.8 Å². The van der Waals surface area contributed by atoms with Crippen LogP contribution in [-0.2, 0) is 16.1 Å². The fraction of sp³-hybridized carbons (Fsp3) is 0.375. The van der Waals surface area contributed by atoms with Crippen LogP contribution < -0.4 is 14.2 Å². The number of hydrogen-bond donors (Lipinski definition) is 1. The topological polar surface area (TPSA) is 94.5 Å². The molecular weight excluding hydrogens is 510 g/mol. The highest BCUT2D eigenvalue weighted by molar-refractivity contribution is 5.72. The predicted molar refractivity (Wildman–Crippen MR) is 150 cm³/mol. The van der Waals surface area contributed by atoms with Gasteiger partial charge >= 0.3 is 12.1 Å². The molecular formula is C32H35NO7. The molecule has 0 aromatic heterocycles. The molecule has 1 atom stereocenters. The van der Waals surface area contributed by atoms with E-state index in [9.17, 15) is 9.59 Å². The van der Waals surface area contributed by atoms with Gasteiger partial charge in [0.15, 0.2) is 0 Å². The monoisotopic (exact) mass is 545 g/mol. The number of aliphatic carboxylic acids is 1. The number of benzene rings is 3. The molecule has 1 amide bonds. The molecule has 1 unspecified atom stereocenters. The van der Waals surface area contributed by atoms with Crippen LogP contribution in [0, 0.1) is 13.8 Å². The molecule has 2 heterocycles. The summed E-state index contributed by atoms with van der Waals surface area (Å²) in [6, 6.07) is 18.1. The number of hydrogen-bond acceptors (Lipinski definition) is 6. The average molecular weight is 546 g/mol. The van der Waals surface area contributed by atoms with Crippen molar-refractivity contribution in [2.45, 2.75) is 51.7 Å². The van der Waals surface area contributed by atoms with Gasteiger partial charge in [-0.2, -0.15) is 0 Å². The van der Waals surface area contributed by atoms with Gasteiger partial charge in [0.05, 0.1) is 20.1 Å². The first-order valence-electron chi connectivity index (χ1n) is 13.6. The number of carbonyl (C=O) groups excluding carboxylic acids is 1. The summed E-state index contributed by atoms with van der Waals surface area (Å²) in [6.45, 7) is 6.23. The predicted octanol–water partition coefficient (Wildman–Crippen LogP) is 6.11. The lowest BCUT2D eigenvalue weighted by Gasteiger charge is -2.31. The SMILES string of the molecule is COC(=O)N1CCC(Oc2cc(C)c(-c3cccc(COc4ccc5c(c4)OCC5CC(=O)O)c3)c(C)c2)CC1. The van der Waals surface area contributed by atoms with E-state index in [-0.39, 0.29) is 24.5 Å². The summed E-state index contributed by atoms with van der Waals surface area (Å²) in [5.41, 5.74) is 6.51. The van der Waals surface area contributed by atoms with Crippen LogP contribution >= 0.6 is 0 Å². The van der Waals surface area contributed by atoms with E-state index in [2.05, 4.69) is 38.1 Å². The number of carboxylic acids is 1. The van der Waals surface area contributed by atoms with Gasteiger partial charge in [0, 0.05) is 43.5 Å². The summed E-state index contributed by atoms with van der Waals surface area (Å²) >= 11 is 0. The van der Waals surface area contributed by atoms with Gasteiger partial charge < -0.3 is 29.0 Å². The molecule has 3 aromatic carbocycles. The van der Waals surface area contributed by atoms with E-state index in [1.807, 2.05) is 30.3 Å². The third-order valence-corrected chi connectivity index (χ3v) is 7.59. The molecule has 0 bridgehead atoms. The zero-order valence-electron chi connectivity index (χ0n) is 23.1. The van der Waals surface area contributed by atoms with Crippen molar-refractivity contribution in [3.05, 3.63) is 76.9 Å². The summed E-state index contributed by atoms with van der Waals surface area (Å²) < 4.78 is 22.9. The molecule has 1 saturated heterocycles. The molecule has 210 valence electrons. The number of fused-ring (bicyclic) bond motifs is 1. The van der Waals surface area contributed by atoms with Gasteiger partial charge in [-0.3, -0.25) is 4.79 Å². The van der Waals surface area contributed by atoms with Gasteiger partial charge in [-0.15, -0.1) is 0 Å². The van der Waals surface area contributed by atoms with Crippen LogP contribution in [-0.4, -0.2) is 55.0 Å². The Kier molecular flexibility index (Phi) is 8.14. The zero-order valence-corrected chi connectivity index (χ0v) is 23.1. The standard InChI is InChI=1S/C32H35NO7/c1-20-13-27(40-25-9-11-33(12-10-25)32(36)37-3)14-21(2)31(20)23-6-4-5-22(15-23)18-38-26-7-8-28-24(16-30(34)35)19-39-29(28)17-26/h4-8,13-15,17,24-25H,9-12,16,18-19H2,1-3H3,(H,34,35). The van der Waals surface area contributed by atoms with E-state index in [1.165, 1.54) is 12.7 Å². The minimum Gasteiger partial charge on any atom is -0.492 e. The summed E-state index contributed by atoms with van der Waals surface area (Å²) in [6.07, 6.45) is 1.39. The molecule has 3 aromatic rings. The second-order valence-electron chi connectivity index (χ2n) is 10.5. The minimum absolute atomic E-state index is 0.0578. The second kappa shape index (κ2) is 11.9. The molecule has 1 fully saturated rings. The molecule has 2 aliphatic heterocycles. The highest BCUT2D eigenvalue weighted by Gasteiger charge is 2.27. The van der Waals surface area contributed by atoms with Gasteiger partial charge in [0.2, 0.25) is 0 Å². The van der Waals surface area contributed by atoms with E-state index in [0.717, 1.165) is 46.4 Å². The summed E-state index contributed by atoms with van der Waals surface area (Å²) in [7, 11) is 1.41. The number of nitrogens with zero attached hydrogens (tertiary/aromatic N) is 1. The van der Waals surface area contributed by atoms with Crippen LogP contribution in [0.3, 0.4) is 0 Å². The van der Waals surface area contributed by atoms with Crippen LogP contribution in [0.2, 0.25) is 0 Å². The largest absolute Gasteiger partial charge is 0.492 e. The Morgan fingerprint density at radius 1 is 1.00 bits per heavy atom. The minimum atomic E-state index is -0.827. The number of carbonyl (C=O) groups is 2. The molecule has 8 heteroatoms. The lowest BCUT2D eigenvalue weighted by Crippen LogP contribution is -2.41. The second-order valence-corrected chi connectivity index (χ2v) is 10.5. The Balaban J connectivity index is 1.23.